The van der Waals surface area contributed by atoms with Crippen molar-refractivity contribution in [2.24, 2.45) is 5.92 Å². The van der Waals surface area contributed by atoms with Crippen molar-refractivity contribution in [2.75, 3.05) is 17.4 Å². The van der Waals surface area contributed by atoms with Gasteiger partial charge in [-0.3, -0.25) is 13.9 Å². The molecule has 7 nitrogen and oxygen atoms in total. The van der Waals surface area contributed by atoms with E-state index in [0.29, 0.717) is 11.6 Å². The van der Waals surface area contributed by atoms with Crippen LogP contribution in [0.15, 0.2) is 114 Å². The summed E-state index contributed by atoms with van der Waals surface area (Å²) in [5, 5.41) is 3.44. The predicted octanol–water partition coefficient (Wildman–Crippen LogP) is 6.26. The maximum Gasteiger partial charge on any atom is 0.264 e. The molecule has 0 saturated carbocycles. The van der Waals surface area contributed by atoms with Crippen LogP contribution in [0.25, 0.3) is 0 Å². The first-order valence-electron chi connectivity index (χ1n) is 14.5. The minimum atomic E-state index is -4.16. The fourth-order valence-corrected chi connectivity index (χ4v) is 6.40. The number of halogens is 1. The van der Waals surface area contributed by atoms with E-state index < -0.39 is 28.5 Å². The Morgan fingerprint density at radius 2 is 1.43 bits per heavy atom. The molecular formula is C35H38ClN3O4S. The number of carbonyl (C=O) groups is 2. The maximum absolute atomic E-state index is 14.4. The molecule has 0 fully saturated rings. The SMILES string of the molecule is Cc1cccc(CN(C(=O)CN(c2ccc(Cl)cc2)S(=O)(=O)c2ccccc2)[C@H](Cc2ccccc2)C(=O)NCC(C)C)c1. The molecule has 0 bridgehead atoms. The number of benzene rings is 4. The van der Waals surface area contributed by atoms with Gasteiger partial charge < -0.3 is 10.2 Å². The number of nitrogens with one attached hydrogen (secondary N) is 1. The average molecular weight is 632 g/mol. The molecule has 4 aromatic carbocycles. The fraction of sp³-hybridized carbons (Fsp3) is 0.257. The summed E-state index contributed by atoms with van der Waals surface area (Å²) in [7, 11) is -4.16. The third-order valence-corrected chi connectivity index (χ3v) is 9.16. The summed E-state index contributed by atoms with van der Waals surface area (Å²) in [6.07, 6.45) is 0.259. The minimum absolute atomic E-state index is 0.0449. The molecule has 4 rings (SSSR count). The highest BCUT2D eigenvalue weighted by atomic mass is 35.5. The fourth-order valence-electron chi connectivity index (χ4n) is 4.84. The Morgan fingerprint density at radius 3 is 2.05 bits per heavy atom. The third-order valence-electron chi connectivity index (χ3n) is 7.12. The molecule has 230 valence electrons. The predicted molar refractivity (Wildman–Crippen MR) is 176 cm³/mol. The Bertz CT molecular complexity index is 1650. The monoisotopic (exact) mass is 631 g/mol. The molecule has 0 spiro atoms. The molecule has 0 aliphatic heterocycles. The highest BCUT2D eigenvalue weighted by Gasteiger charge is 2.34. The van der Waals surface area contributed by atoms with E-state index in [0.717, 1.165) is 21.0 Å². The number of hydrogen-bond acceptors (Lipinski definition) is 4. The second-order valence-electron chi connectivity index (χ2n) is 11.2. The van der Waals surface area contributed by atoms with Gasteiger partial charge in [-0.25, -0.2) is 8.42 Å². The second-order valence-corrected chi connectivity index (χ2v) is 13.5. The van der Waals surface area contributed by atoms with Crippen molar-refractivity contribution in [3.63, 3.8) is 0 Å². The molecular weight excluding hydrogens is 594 g/mol. The van der Waals surface area contributed by atoms with Gasteiger partial charge in [-0.05, 0) is 60.4 Å². The van der Waals surface area contributed by atoms with Gasteiger partial charge in [-0.15, -0.1) is 0 Å². The van der Waals surface area contributed by atoms with E-state index in [-0.39, 0.29) is 35.4 Å². The summed E-state index contributed by atoms with van der Waals surface area (Å²) in [4.78, 5) is 29.8. The number of carbonyl (C=O) groups excluding carboxylic acids is 2. The summed E-state index contributed by atoms with van der Waals surface area (Å²) in [6.45, 7) is 6.00. The largest absolute Gasteiger partial charge is 0.354 e. The molecule has 1 atom stereocenters. The summed E-state index contributed by atoms with van der Waals surface area (Å²) in [5.74, 6) is -0.609. The van der Waals surface area contributed by atoms with Crippen molar-refractivity contribution < 1.29 is 18.0 Å². The van der Waals surface area contributed by atoms with Gasteiger partial charge in [0.05, 0.1) is 10.6 Å². The Kier molecular flexibility index (Phi) is 11.2. The van der Waals surface area contributed by atoms with Crippen LogP contribution < -0.4 is 9.62 Å². The maximum atomic E-state index is 14.4. The van der Waals surface area contributed by atoms with Crippen molar-refractivity contribution in [1.29, 1.82) is 0 Å². The van der Waals surface area contributed by atoms with Crippen LogP contribution >= 0.6 is 11.6 Å². The van der Waals surface area contributed by atoms with Crippen LogP contribution in [0.5, 0.6) is 0 Å². The Morgan fingerprint density at radius 1 is 0.818 bits per heavy atom. The Hall–Kier alpha value is -4.14. The van der Waals surface area contributed by atoms with Gasteiger partial charge in [-0.1, -0.05) is 104 Å². The first-order chi connectivity index (χ1) is 21.0. The molecule has 4 aromatic rings. The van der Waals surface area contributed by atoms with Crippen molar-refractivity contribution in [3.8, 4) is 0 Å². The molecule has 0 aromatic heterocycles. The third kappa shape index (κ3) is 8.71. The summed E-state index contributed by atoms with van der Waals surface area (Å²) in [6, 6.07) is 30.6. The van der Waals surface area contributed by atoms with E-state index in [9.17, 15) is 18.0 Å². The molecule has 0 saturated heterocycles. The van der Waals surface area contributed by atoms with Crippen LogP contribution in [0, 0.1) is 12.8 Å². The van der Waals surface area contributed by atoms with Crippen molar-refractivity contribution in [2.45, 2.75) is 44.7 Å². The highest BCUT2D eigenvalue weighted by molar-refractivity contribution is 7.92. The topological polar surface area (TPSA) is 86.8 Å². The van der Waals surface area contributed by atoms with Gasteiger partial charge >= 0.3 is 0 Å². The van der Waals surface area contributed by atoms with Gasteiger partial charge in [0.25, 0.3) is 10.0 Å². The first kappa shape index (κ1) is 32.8. The van der Waals surface area contributed by atoms with E-state index >= 15 is 0 Å². The van der Waals surface area contributed by atoms with E-state index in [1.807, 2.05) is 75.4 Å². The molecule has 0 radical (unpaired) electrons. The number of nitrogens with zero attached hydrogens (tertiary/aromatic N) is 2. The summed E-state index contributed by atoms with van der Waals surface area (Å²) < 4.78 is 29.1. The smallest absolute Gasteiger partial charge is 0.264 e. The molecule has 1 N–H and O–H groups in total. The highest BCUT2D eigenvalue weighted by Crippen LogP contribution is 2.26. The number of sulfonamides is 1. The van der Waals surface area contributed by atoms with Gasteiger partial charge in [0.1, 0.15) is 12.6 Å². The zero-order valence-corrected chi connectivity index (χ0v) is 26.8. The lowest BCUT2D eigenvalue weighted by molar-refractivity contribution is -0.140. The summed E-state index contributed by atoms with van der Waals surface area (Å²) in [5.41, 5.74) is 3.00. The zero-order valence-electron chi connectivity index (χ0n) is 25.2. The lowest BCUT2D eigenvalue weighted by atomic mass is 10.0. The standard InChI is InChI=1S/C35H38ClN3O4S/c1-26(2)23-37-35(41)33(22-28-12-6-4-7-13-28)38(24-29-14-10-11-27(3)21-29)34(40)25-39(31-19-17-30(36)18-20-31)44(42,43)32-15-8-5-9-16-32/h4-21,26,33H,22-25H2,1-3H3,(H,37,41)/t33-/m1/s1. The normalized spacial score (nSPS) is 12.0. The molecule has 0 heterocycles. The average Bonchev–Trinajstić information content (AvgIpc) is 3.01. The zero-order chi connectivity index (χ0) is 31.7. The van der Waals surface area contributed by atoms with Crippen LogP contribution in [0.4, 0.5) is 5.69 Å². The quantitative estimate of drug-likeness (QED) is 0.189. The van der Waals surface area contributed by atoms with Crippen molar-refractivity contribution in [1.82, 2.24) is 10.2 Å². The van der Waals surface area contributed by atoms with Crippen LogP contribution in [0.3, 0.4) is 0 Å². The van der Waals surface area contributed by atoms with Crippen LogP contribution in [0.2, 0.25) is 5.02 Å². The lowest BCUT2D eigenvalue weighted by Gasteiger charge is -2.34. The van der Waals surface area contributed by atoms with Gasteiger partial charge in [0.2, 0.25) is 11.8 Å². The molecule has 0 aliphatic rings. The van der Waals surface area contributed by atoms with E-state index in [4.69, 9.17) is 11.6 Å². The van der Waals surface area contributed by atoms with E-state index in [2.05, 4.69) is 5.32 Å². The van der Waals surface area contributed by atoms with E-state index in [1.165, 1.54) is 17.0 Å². The van der Waals surface area contributed by atoms with Crippen molar-refractivity contribution >= 4 is 39.1 Å². The van der Waals surface area contributed by atoms with Gasteiger partial charge in [0.15, 0.2) is 0 Å². The minimum Gasteiger partial charge on any atom is -0.354 e. The number of hydrogen-bond donors (Lipinski definition) is 1. The Balaban J connectivity index is 1.79. The van der Waals surface area contributed by atoms with E-state index in [1.54, 1.807) is 42.5 Å². The molecule has 0 aliphatic carbocycles. The second kappa shape index (κ2) is 15.0. The number of anilines is 1. The Labute approximate surface area is 265 Å². The van der Waals surface area contributed by atoms with Gasteiger partial charge in [-0.2, -0.15) is 0 Å². The van der Waals surface area contributed by atoms with Crippen LogP contribution in [0.1, 0.15) is 30.5 Å². The van der Waals surface area contributed by atoms with Crippen LogP contribution in [-0.4, -0.2) is 44.3 Å². The first-order valence-corrected chi connectivity index (χ1v) is 16.4. The number of amides is 2. The molecule has 44 heavy (non-hydrogen) atoms. The molecule has 9 heteroatoms. The van der Waals surface area contributed by atoms with Crippen molar-refractivity contribution in [3.05, 3.63) is 131 Å². The van der Waals surface area contributed by atoms with Gasteiger partial charge in [0, 0.05) is 24.5 Å². The summed E-state index contributed by atoms with van der Waals surface area (Å²) >= 11 is 6.12. The number of aryl methyl sites for hydroxylation is 1. The molecule has 2 amide bonds. The van der Waals surface area contributed by atoms with Crippen LogP contribution in [-0.2, 0) is 32.6 Å². The number of rotatable bonds is 13. The lowest BCUT2D eigenvalue weighted by Crippen LogP contribution is -2.53. The molecule has 0 unspecified atom stereocenters.